The summed E-state index contributed by atoms with van der Waals surface area (Å²) >= 11 is 18.2. The van der Waals surface area contributed by atoms with Crippen molar-refractivity contribution in [2.24, 2.45) is 0 Å². The first-order valence-corrected chi connectivity index (χ1v) is 12.4. The molecular weight excluding hydrogens is 552 g/mol. The molecule has 0 aliphatic carbocycles. The SMILES string of the molecule is Cc1c(-c2nnc(Cc3ccc(Cl)c(Oc4cc(Cl)cc(C#N)c4)c3F)o2)ncn1Cc1ccc(Cl)cc1. The van der Waals surface area contributed by atoms with Crippen LogP contribution in [-0.2, 0) is 13.0 Å². The van der Waals surface area contributed by atoms with E-state index >= 15 is 4.39 Å². The van der Waals surface area contributed by atoms with E-state index in [1.165, 1.54) is 30.3 Å². The zero-order valence-corrected chi connectivity index (χ0v) is 22.0. The van der Waals surface area contributed by atoms with Crippen LogP contribution in [0.5, 0.6) is 11.5 Å². The van der Waals surface area contributed by atoms with Gasteiger partial charge < -0.3 is 13.7 Å². The fourth-order valence-corrected chi connectivity index (χ4v) is 4.33. The van der Waals surface area contributed by atoms with Crippen LogP contribution in [0, 0.1) is 24.1 Å². The zero-order valence-electron chi connectivity index (χ0n) is 19.8. The number of halogens is 4. The summed E-state index contributed by atoms with van der Waals surface area (Å²) in [5, 5.41) is 18.3. The Morgan fingerprint density at radius 1 is 1.03 bits per heavy atom. The van der Waals surface area contributed by atoms with Gasteiger partial charge in [0.15, 0.2) is 11.6 Å². The third kappa shape index (κ3) is 5.50. The lowest BCUT2D eigenvalue weighted by molar-refractivity contribution is 0.437. The molecule has 0 saturated heterocycles. The minimum atomic E-state index is -0.695. The van der Waals surface area contributed by atoms with Gasteiger partial charge in [-0.05, 0) is 48.9 Å². The monoisotopic (exact) mass is 567 g/mol. The molecule has 0 amide bonds. The minimum absolute atomic E-state index is 0.00408. The van der Waals surface area contributed by atoms with E-state index < -0.39 is 5.82 Å². The summed E-state index contributed by atoms with van der Waals surface area (Å²) in [6.45, 7) is 2.50. The van der Waals surface area contributed by atoms with Crippen molar-refractivity contribution in [2.45, 2.75) is 19.9 Å². The smallest absolute Gasteiger partial charge is 0.268 e. The molecule has 0 saturated carbocycles. The Bertz CT molecular complexity index is 1680. The van der Waals surface area contributed by atoms with Crippen molar-refractivity contribution in [1.82, 2.24) is 19.7 Å². The number of imidazole rings is 1. The van der Waals surface area contributed by atoms with Gasteiger partial charge in [0.1, 0.15) is 11.4 Å². The molecule has 0 N–H and O–H groups in total. The van der Waals surface area contributed by atoms with Crippen LogP contribution >= 0.6 is 34.8 Å². The summed E-state index contributed by atoms with van der Waals surface area (Å²) in [5.74, 6) is -0.308. The van der Waals surface area contributed by atoms with Gasteiger partial charge in [0, 0.05) is 27.8 Å². The summed E-state index contributed by atoms with van der Waals surface area (Å²) in [4.78, 5) is 4.43. The highest BCUT2D eigenvalue weighted by Crippen LogP contribution is 2.36. The van der Waals surface area contributed by atoms with E-state index in [2.05, 4.69) is 15.2 Å². The summed E-state index contributed by atoms with van der Waals surface area (Å²) in [6.07, 6.45) is 1.69. The van der Waals surface area contributed by atoms with Crippen molar-refractivity contribution in [1.29, 1.82) is 5.26 Å². The second-order valence-electron chi connectivity index (χ2n) is 8.35. The molecule has 3 aromatic carbocycles. The Kier molecular flexibility index (Phi) is 7.34. The molecule has 0 unspecified atom stereocenters. The summed E-state index contributed by atoms with van der Waals surface area (Å²) < 4.78 is 28.8. The van der Waals surface area contributed by atoms with E-state index in [0.717, 1.165) is 11.3 Å². The van der Waals surface area contributed by atoms with Gasteiger partial charge in [-0.3, -0.25) is 0 Å². The average molecular weight is 569 g/mol. The predicted molar refractivity (Wildman–Crippen MR) is 141 cm³/mol. The van der Waals surface area contributed by atoms with E-state index in [4.69, 9.17) is 49.2 Å². The van der Waals surface area contributed by atoms with Crippen molar-refractivity contribution in [3.8, 4) is 29.2 Å². The van der Waals surface area contributed by atoms with Gasteiger partial charge in [0.05, 0.1) is 29.4 Å². The quantitative estimate of drug-likeness (QED) is 0.200. The normalized spacial score (nSPS) is 10.9. The van der Waals surface area contributed by atoms with Crippen molar-refractivity contribution < 1.29 is 13.5 Å². The van der Waals surface area contributed by atoms with Crippen LogP contribution in [0.3, 0.4) is 0 Å². The Labute approximate surface area is 232 Å². The number of hydrogen-bond acceptors (Lipinski definition) is 6. The largest absolute Gasteiger partial charge is 0.453 e. The first-order valence-electron chi connectivity index (χ1n) is 11.2. The van der Waals surface area contributed by atoms with Crippen LogP contribution in [0.1, 0.15) is 28.3 Å². The fourth-order valence-electron chi connectivity index (χ4n) is 3.79. The van der Waals surface area contributed by atoms with Gasteiger partial charge in [0.2, 0.25) is 5.89 Å². The lowest BCUT2D eigenvalue weighted by Crippen LogP contribution is -2.00. The Morgan fingerprint density at radius 2 is 1.82 bits per heavy atom. The van der Waals surface area contributed by atoms with Crippen molar-refractivity contribution >= 4 is 34.8 Å². The number of ether oxygens (including phenoxy) is 1. The van der Waals surface area contributed by atoms with Gasteiger partial charge in [-0.25, -0.2) is 9.37 Å². The minimum Gasteiger partial charge on any atom is -0.453 e. The summed E-state index contributed by atoms with van der Waals surface area (Å²) in [6, 6.07) is 16.9. The topological polar surface area (TPSA) is 89.8 Å². The third-order valence-corrected chi connectivity index (χ3v) is 6.49. The fraction of sp³-hybridized carbons (Fsp3) is 0.111. The van der Waals surface area contributed by atoms with Crippen LogP contribution in [0.15, 0.2) is 65.3 Å². The van der Waals surface area contributed by atoms with E-state index in [0.29, 0.717) is 17.3 Å². The predicted octanol–water partition coefficient (Wildman–Crippen LogP) is 7.64. The molecule has 0 fully saturated rings. The Balaban J connectivity index is 1.36. The molecule has 190 valence electrons. The second-order valence-corrected chi connectivity index (χ2v) is 9.63. The zero-order chi connectivity index (χ0) is 26.8. The molecule has 38 heavy (non-hydrogen) atoms. The molecule has 0 spiro atoms. The molecular formula is C27H17Cl3FN5O2. The van der Waals surface area contributed by atoms with Crippen molar-refractivity contribution in [3.05, 3.63) is 110 Å². The highest BCUT2D eigenvalue weighted by molar-refractivity contribution is 6.32. The number of nitriles is 1. The second kappa shape index (κ2) is 10.8. The molecule has 0 atom stereocenters. The molecule has 5 aromatic rings. The van der Waals surface area contributed by atoms with Gasteiger partial charge in [-0.1, -0.05) is 53.0 Å². The average Bonchev–Trinajstić information content (AvgIpc) is 3.50. The molecule has 0 aliphatic rings. The molecule has 2 aromatic heterocycles. The van der Waals surface area contributed by atoms with Crippen LogP contribution in [-0.4, -0.2) is 19.7 Å². The first-order chi connectivity index (χ1) is 18.3. The van der Waals surface area contributed by atoms with E-state index in [-0.39, 0.29) is 50.9 Å². The molecule has 11 heteroatoms. The maximum Gasteiger partial charge on any atom is 0.268 e. The molecule has 0 radical (unpaired) electrons. The molecule has 7 nitrogen and oxygen atoms in total. The summed E-state index contributed by atoms with van der Waals surface area (Å²) in [5.41, 5.74) is 2.93. The van der Waals surface area contributed by atoms with Crippen molar-refractivity contribution in [3.63, 3.8) is 0 Å². The number of hydrogen-bond donors (Lipinski definition) is 0. The van der Waals surface area contributed by atoms with Gasteiger partial charge in [-0.2, -0.15) is 5.26 Å². The van der Waals surface area contributed by atoms with Crippen LogP contribution < -0.4 is 4.74 Å². The van der Waals surface area contributed by atoms with Crippen LogP contribution in [0.25, 0.3) is 11.6 Å². The van der Waals surface area contributed by atoms with E-state index in [1.54, 1.807) is 6.33 Å². The number of rotatable bonds is 7. The van der Waals surface area contributed by atoms with Gasteiger partial charge in [0.25, 0.3) is 5.89 Å². The number of benzene rings is 3. The highest BCUT2D eigenvalue weighted by Gasteiger charge is 2.20. The highest BCUT2D eigenvalue weighted by atomic mass is 35.5. The Morgan fingerprint density at radius 3 is 2.58 bits per heavy atom. The first kappa shape index (κ1) is 25.7. The molecule has 0 bridgehead atoms. The number of aromatic nitrogens is 4. The maximum atomic E-state index is 15.4. The van der Waals surface area contributed by atoms with Crippen LogP contribution in [0.2, 0.25) is 15.1 Å². The summed E-state index contributed by atoms with van der Waals surface area (Å²) in [7, 11) is 0. The molecule has 0 aliphatic heterocycles. The number of nitrogens with zero attached hydrogens (tertiary/aromatic N) is 5. The van der Waals surface area contributed by atoms with E-state index in [9.17, 15) is 0 Å². The molecule has 2 heterocycles. The lowest BCUT2D eigenvalue weighted by Gasteiger charge is -2.11. The molecule has 5 rings (SSSR count). The van der Waals surface area contributed by atoms with Crippen LogP contribution in [0.4, 0.5) is 4.39 Å². The standard InChI is InChI=1S/C27H17Cl3FN5O2/c1-15-25(33-14-36(15)13-16-2-5-19(28)6-3-16)27-35-34-23(38-27)10-18-4-7-22(30)26(24(18)31)37-21-9-17(12-32)8-20(29)11-21/h2-9,11,14H,10,13H2,1H3. The Hall–Kier alpha value is -3.90. The third-order valence-electron chi connectivity index (χ3n) is 5.73. The van der Waals surface area contributed by atoms with Gasteiger partial charge in [-0.15, -0.1) is 10.2 Å². The lowest BCUT2D eigenvalue weighted by atomic mass is 10.1. The maximum absolute atomic E-state index is 15.4. The van der Waals surface area contributed by atoms with E-state index in [1.807, 2.05) is 41.8 Å². The van der Waals surface area contributed by atoms with Gasteiger partial charge >= 0.3 is 0 Å². The van der Waals surface area contributed by atoms with Crippen molar-refractivity contribution in [2.75, 3.05) is 0 Å².